The molecular weight excluding hydrogens is 256 g/mol. The van der Waals surface area contributed by atoms with Crippen LogP contribution in [0.15, 0.2) is 6.07 Å². The van der Waals surface area contributed by atoms with Crippen molar-refractivity contribution in [3.05, 3.63) is 11.9 Å². The minimum absolute atomic E-state index is 0.795. The Hall–Kier alpha value is -0.970. The molecule has 1 aliphatic rings. The molecule has 0 bridgehead atoms. The van der Waals surface area contributed by atoms with Crippen molar-refractivity contribution < 1.29 is 0 Å². The van der Waals surface area contributed by atoms with E-state index < -0.39 is 0 Å². The molecule has 1 aromatic rings. The van der Waals surface area contributed by atoms with E-state index in [9.17, 15) is 0 Å². The van der Waals surface area contributed by atoms with Gasteiger partial charge in [-0.1, -0.05) is 6.92 Å². The van der Waals surface area contributed by atoms with Crippen LogP contribution in [0.25, 0.3) is 0 Å². The summed E-state index contributed by atoms with van der Waals surface area (Å²) in [6.07, 6.45) is 3.51. The number of hydrogen-bond donors (Lipinski definition) is 2. The van der Waals surface area contributed by atoms with Gasteiger partial charge >= 0.3 is 0 Å². The third kappa shape index (κ3) is 4.56. The Morgan fingerprint density at radius 2 is 1.84 bits per heavy atom. The van der Waals surface area contributed by atoms with Crippen molar-refractivity contribution in [2.24, 2.45) is 5.92 Å². The Labute approximate surface area is 120 Å². The molecule has 0 spiro atoms. The van der Waals surface area contributed by atoms with Crippen LogP contribution in [-0.4, -0.2) is 34.6 Å². The highest BCUT2D eigenvalue weighted by Gasteiger charge is 2.13. The molecule has 1 aliphatic heterocycles. The van der Waals surface area contributed by atoms with Gasteiger partial charge in [-0.3, -0.25) is 0 Å². The molecule has 1 fully saturated rings. The summed E-state index contributed by atoms with van der Waals surface area (Å²) in [5.41, 5.74) is 0. The fourth-order valence-corrected chi connectivity index (χ4v) is 3.42. The number of rotatable bonds is 6. The molecule has 0 saturated carbocycles. The number of nitrogens with zero attached hydrogens (tertiary/aromatic N) is 2. The third-order valence-corrected chi connectivity index (χ3v) is 4.41. The van der Waals surface area contributed by atoms with Crippen LogP contribution in [-0.2, 0) is 6.42 Å². The zero-order valence-electron chi connectivity index (χ0n) is 11.9. The van der Waals surface area contributed by atoms with Crippen LogP contribution in [0.4, 0.5) is 11.6 Å². The Morgan fingerprint density at radius 1 is 1.16 bits per heavy atom. The van der Waals surface area contributed by atoms with E-state index in [1.165, 1.54) is 24.3 Å². The summed E-state index contributed by atoms with van der Waals surface area (Å²) in [5, 5.41) is 6.75. The Morgan fingerprint density at radius 3 is 2.47 bits per heavy atom. The van der Waals surface area contributed by atoms with Crippen molar-refractivity contribution in [1.29, 1.82) is 0 Å². The SMILES string of the molecule is CCNc1cc(NCC2CCSCC2)nc(CC)n1. The summed E-state index contributed by atoms with van der Waals surface area (Å²) in [7, 11) is 0. The van der Waals surface area contributed by atoms with Crippen LogP contribution in [0, 0.1) is 5.92 Å². The first-order valence-electron chi connectivity index (χ1n) is 7.25. The number of aryl methyl sites for hydroxylation is 1. The molecule has 4 nitrogen and oxygen atoms in total. The van der Waals surface area contributed by atoms with Gasteiger partial charge < -0.3 is 10.6 Å². The smallest absolute Gasteiger partial charge is 0.132 e. The maximum absolute atomic E-state index is 4.55. The van der Waals surface area contributed by atoms with Crippen LogP contribution in [0.1, 0.15) is 32.5 Å². The van der Waals surface area contributed by atoms with E-state index in [0.717, 1.165) is 42.9 Å². The van der Waals surface area contributed by atoms with Crippen LogP contribution >= 0.6 is 11.8 Å². The topological polar surface area (TPSA) is 49.8 Å². The Balaban J connectivity index is 1.95. The molecule has 0 unspecified atom stereocenters. The quantitative estimate of drug-likeness (QED) is 0.839. The van der Waals surface area contributed by atoms with Crippen molar-refractivity contribution in [1.82, 2.24) is 9.97 Å². The van der Waals surface area contributed by atoms with Crippen LogP contribution in [0.5, 0.6) is 0 Å². The number of aromatic nitrogens is 2. The highest BCUT2D eigenvalue weighted by Crippen LogP contribution is 2.23. The summed E-state index contributed by atoms with van der Waals surface area (Å²) in [4.78, 5) is 9.02. The lowest BCUT2D eigenvalue weighted by Gasteiger charge is -2.22. The second-order valence-corrected chi connectivity index (χ2v) is 6.10. The van der Waals surface area contributed by atoms with E-state index in [2.05, 4.69) is 46.2 Å². The number of thioether (sulfide) groups is 1. The second kappa shape index (κ2) is 7.58. The monoisotopic (exact) mass is 280 g/mol. The molecule has 2 N–H and O–H groups in total. The van der Waals surface area contributed by atoms with Gasteiger partial charge in [0.15, 0.2) is 0 Å². The molecular formula is C14H24N4S. The van der Waals surface area contributed by atoms with Crippen molar-refractivity contribution >= 4 is 23.4 Å². The molecule has 0 aliphatic carbocycles. The molecule has 0 radical (unpaired) electrons. The molecule has 106 valence electrons. The van der Waals surface area contributed by atoms with Gasteiger partial charge in [-0.2, -0.15) is 11.8 Å². The fraction of sp³-hybridized carbons (Fsp3) is 0.714. The van der Waals surface area contributed by atoms with Gasteiger partial charge in [-0.25, -0.2) is 9.97 Å². The van der Waals surface area contributed by atoms with Gasteiger partial charge in [0.1, 0.15) is 17.5 Å². The summed E-state index contributed by atoms with van der Waals surface area (Å²) >= 11 is 2.07. The van der Waals surface area contributed by atoms with Crippen molar-refractivity contribution in [2.75, 3.05) is 35.2 Å². The fourth-order valence-electron chi connectivity index (χ4n) is 2.22. The van der Waals surface area contributed by atoms with E-state index in [4.69, 9.17) is 0 Å². The first-order valence-corrected chi connectivity index (χ1v) is 8.40. The molecule has 1 saturated heterocycles. The summed E-state index contributed by atoms with van der Waals surface area (Å²) in [6.45, 7) is 6.10. The lowest BCUT2D eigenvalue weighted by Crippen LogP contribution is -2.20. The lowest BCUT2D eigenvalue weighted by atomic mass is 10.0. The van der Waals surface area contributed by atoms with Gasteiger partial charge in [0, 0.05) is 25.6 Å². The second-order valence-electron chi connectivity index (χ2n) is 4.88. The first kappa shape index (κ1) is 14.4. The normalized spacial score (nSPS) is 16.3. The zero-order valence-corrected chi connectivity index (χ0v) is 12.7. The molecule has 0 atom stereocenters. The summed E-state index contributed by atoms with van der Waals surface area (Å²) < 4.78 is 0. The Bertz CT molecular complexity index is 391. The largest absolute Gasteiger partial charge is 0.370 e. The standard InChI is InChI=1S/C14H24N4S/c1-3-12-17-13(15-4-2)9-14(18-12)16-10-11-5-7-19-8-6-11/h9,11H,3-8,10H2,1-2H3,(H2,15,16,17,18). The molecule has 0 aromatic carbocycles. The maximum atomic E-state index is 4.55. The van der Waals surface area contributed by atoms with Gasteiger partial charge in [-0.15, -0.1) is 0 Å². The molecule has 5 heteroatoms. The van der Waals surface area contributed by atoms with Crippen LogP contribution < -0.4 is 10.6 Å². The number of nitrogens with one attached hydrogen (secondary N) is 2. The molecule has 1 aromatic heterocycles. The van der Waals surface area contributed by atoms with Gasteiger partial charge in [0.25, 0.3) is 0 Å². The number of hydrogen-bond acceptors (Lipinski definition) is 5. The molecule has 2 rings (SSSR count). The number of anilines is 2. The van der Waals surface area contributed by atoms with Crippen molar-refractivity contribution in [3.63, 3.8) is 0 Å². The molecule has 2 heterocycles. The lowest BCUT2D eigenvalue weighted by molar-refractivity contribution is 0.515. The molecule has 0 amide bonds. The predicted molar refractivity (Wildman–Crippen MR) is 84.1 cm³/mol. The van der Waals surface area contributed by atoms with Crippen molar-refractivity contribution in [3.8, 4) is 0 Å². The Kier molecular flexibility index (Phi) is 5.76. The van der Waals surface area contributed by atoms with E-state index in [-0.39, 0.29) is 0 Å². The van der Waals surface area contributed by atoms with Gasteiger partial charge in [0.05, 0.1) is 0 Å². The van der Waals surface area contributed by atoms with E-state index in [1.54, 1.807) is 0 Å². The maximum Gasteiger partial charge on any atom is 0.132 e. The van der Waals surface area contributed by atoms with Crippen molar-refractivity contribution in [2.45, 2.75) is 33.1 Å². The van der Waals surface area contributed by atoms with E-state index >= 15 is 0 Å². The zero-order chi connectivity index (χ0) is 13.5. The molecule has 19 heavy (non-hydrogen) atoms. The minimum Gasteiger partial charge on any atom is -0.370 e. The highest BCUT2D eigenvalue weighted by atomic mass is 32.2. The summed E-state index contributed by atoms with van der Waals surface area (Å²) in [5.74, 6) is 6.19. The van der Waals surface area contributed by atoms with E-state index in [0.29, 0.717) is 0 Å². The highest BCUT2D eigenvalue weighted by molar-refractivity contribution is 7.99. The van der Waals surface area contributed by atoms with Crippen LogP contribution in [0.3, 0.4) is 0 Å². The van der Waals surface area contributed by atoms with Gasteiger partial charge in [-0.05, 0) is 37.2 Å². The minimum atomic E-state index is 0.795. The average molecular weight is 280 g/mol. The predicted octanol–water partition coefficient (Wildman–Crippen LogP) is 3.03. The summed E-state index contributed by atoms with van der Waals surface area (Å²) in [6, 6.07) is 2.01. The average Bonchev–Trinajstić information content (AvgIpc) is 2.46. The van der Waals surface area contributed by atoms with Gasteiger partial charge in [0.2, 0.25) is 0 Å². The van der Waals surface area contributed by atoms with Crippen LogP contribution in [0.2, 0.25) is 0 Å². The van der Waals surface area contributed by atoms with E-state index in [1.807, 2.05) is 6.07 Å². The third-order valence-electron chi connectivity index (χ3n) is 3.36. The first-order chi connectivity index (χ1) is 9.31.